The number of aromatic nitrogens is 14. The standard InChI is InChI=1S/C23H21N5O2.C22H21N5O3.2C21H20N6O2/c1-16-7-8-18(30-21-13-17(14-24)9-12-25-21)15-28(16)23(29)20-6-3-2-5-19(20)22-26-10-4-11-27-22;1-14-7-8-17(29-20-11-16(12-23)9-10-24-20)13-27(14)22(28)19-6-4-3-5-18(19)21-25-15(2)30-26-21;2*1-15-6-7-17(29-20-12-16(13-22)8-9-23-20)14-26(15)21(28)18-4-2-3-5-19(18)27-24-10-11-25-27/h2-6,9-13,16,18H,7-8,15H2,1H3;3-6,9-11,14,17H,7-8,13H2,1-2H3;2*2-5,8-12,15,17H,6-7,14H2,1H3/t16-,18-;14-,17-;2*15-,17-/m1111/s1. The second-order valence-corrected chi connectivity index (χ2v) is 28.4. The van der Waals surface area contributed by atoms with Crippen molar-refractivity contribution in [1.29, 1.82) is 21.0 Å². The van der Waals surface area contributed by atoms with Gasteiger partial charge in [0.15, 0.2) is 5.82 Å². The lowest BCUT2D eigenvalue weighted by Crippen LogP contribution is -2.49. The Bertz CT molecular complexity index is 5480. The number of ether oxygens (including phenoxy) is 4. The number of amides is 4. The number of aryl methyl sites for hydroxylation is 1. The SMILES string of the molecule is C[C@@H]1CC[C@@H](Oc2cc(C#N)ccn2)CN1C(=O)c1ccccc1-c1ncccn1.C[C@@H]1CC[C@@H](Oc2cc(C#N)ccn2)CN1C(=O)c1ccccc1-n1nccn1.C[C@@H]1CC[C@@H](Oc2cc(C#N)ccn2)CN1C(=O)c1ccccc1-n1nccn1.Cc1nc(-c2ccccc2C(=O)N2C[C@H](Oc3cc(C#N)ccn3)CC[C@H]2C)no1. The van der Waals surface area contributed by atoms with Crippen LogP contribution in [0.5, 0.6) is 23.5 Å². The van der Waals surface area contributed by atoms with Crippen LogP contribution >= 0.6 is 0 Å². The first-order chi connectivity index (χ1) is 57.5. The number of likely N-dealkylation sites (tertiary alicyclic amines) is 4. The minimum atomic E-state index is -0.203. The summed E-state index contributed by atoms with van der Waals surface area (Å²) in [6.45, 7) is 11.6. The molecule has 0 radical (unpaired) electrons. The predicted octanol–water partition coefficient (Wildman–Crippen LogP) is 12.1. The summed E-state index contributed by atoms with van der Waals surface area (Å²) in [7, 11) is 0. The molecule has 4 aliphatic heterocycles. The summed E-state index contributed by atoms with van der Waals surface area (Å²) in [6.07, 6.45) is 21.6. The van der Waals surface area contributed by atoms with E-state index >= 15 is 0 Å². The fourth-order valence-electron chi connectivity index (χ4n) is 14.2. The molecule has 0 bridgehead atoms. The number of pyridine rings is 4. The summed E-state index contributed by atoms with van der Waals surface area (Å²) in [5.41, 5.74) is 6.77. The summed E-state index contributed by atoms with van der Waals surface area (Å²) in [6, 6.07) is 52.6. The molecule has 31 heteroatoms. The first kappa shape index (κ1) is 81.0. The molecule has 12 aromatic rings. The Morgan fingerprint density at radius 3 is 0.966 bits per heavy atom. The van der Waals surface area contributed by atoms with E-state index < -0.39 is 0 Å². The van der Waals surface area contributed by atoms with Gasteiger partial charge in [0.25, 0.3) is 23.6 Å². The monoisotopic (exact) mass is 1580 g/mol. The van der Waals surface area contributed by atoms with Gasteiger partial charge in [0.1, 0.15) is 24.4 Å². The van der Waals surface area contributed by atoms with E-state index in [1.807, 2.05) is 126 Å². The van der Waals surface area contributed by atoms with Gasteiger partial charge in [-0.3, -0.25) is 19.2 Å². The third-order valence-electron chi connectivity index (χ3n) is 20.4. The van der Waals surface area contributed by atoms with Gasteiger partial charge in [-0.25, -0.2) is 29.9 Å². The molecule has 0 unspecified atom stereocenters. The van der Waals surface area contributed by atoms with Gasteiger partial charge in [-0.15, -0.1) is 0 Å². The van der Waals surface area contributed by atoms with Crippen LogP contribution in [0.25, 0.3) is 34.2 Å². The minimum absolute atomic E-state index is 0.0656. The molecule has 8 atom stereocenters. The Hall–Kier alpha value is -15.0. The van der Waals surface area contributed by atoms with Crippen molar-refractivity contribution >= 4 is 23.6 Å². The normalized spacial score (nSPS) is 18.7. The van der Waals surface area contributed by atoms with Crippen LogP contribution in [0.4, 0.5) is 0 Å². The number of benzene rings is 4. The zero-order valence-corrected chi connectivity index (χ0v) is 65.3. The molecule has 0 spiro atoms. The Morgan fingerprint density at radius 2 is 0.653 bits per heavy atom. The zero-order valence-electron chi connectivity index (χ0n) is 65.3. The predicted molar refractivity (Wildman–Crippen MR) is 427 cm³/mol. The number of carbonyl (C=O) groups is 4. The second-order valence-electron chi connectivity index (χ2n) is 28.4. The number of para-hydroxylation sites is 2. The van der Waals surface area contributed by atoms with E-state index in [1.165, 1.54) is 9.59 Å². The van der Waals surface area contributed by atoms with Crippen molar-refractivity contribution in [2.45, 2.75) is 135 Å². The molecular weight excluding hydrogens is 1500 g/mol. The fourth-order valence-corrected chi connectivity index (χ4v) is 14.2. The number of nitrogens with zero attached hydrogens (tertiary/aromatic N) is 22. The molecule has 0 aliphatic carbocycles. The number of hydrogen-bond donors (Lipinski definition) is 0. The lowest BCUT2D eigenvalue weighted by molar-refractivity contribution is 0.0370. The Balaban J connectivity index is 0.000000136. The Morgan fingerprint density at radius 1 is 0.356 bits per heavy atom. The van der Waals surface area contributed by atoms with Crippen LogP contribution in [0.15, 0.2) is 218 Å². The van der Waals surface area contributed by atoms with E-state index in [9.17, 15) is 19.2 Å². The van der Waals surface area contributed by atoms with Crippen molar-refractivity contribution in [1.82, 2.24) is 89.6 Å². The smallest absolute Gasteiger partial charge is 0.256 e. The van der Waals surface area contributed by atoms with Crippen molar-refractivity contribution in [3.05, 3.63) is 264 Å². The van der Waals surface area contributed by atoms with E-state index in [4.69, 9.17) is 44.5 Å². The average molecular weight is 1580 g/mol. The highest BCUT2D eigenvalue weighted by Gasteiger charge is 2.37. The van der Waals surface area contributed by atoms with Gasteiger partial charge in [-0.05, 0) is 146 Å². The molecule has 4 aromatic carbocycles. The lowest BCUT2D eigenvalue weighted by atomic mass is 9.98. The Labute approximate surface area is 680 Å². The van der Waals surface area contributed by atoms with Crippen molar-refractivity contribution in [3.63, 3.8) is 0 Å². The topological polar surface area (TPSA) is 391 Å². The molecule has 118 heavy (non-hydrogen) atoms. The molecule has 12 heterocycles. The molecule has 0 saturated carbocycles. The largest absolute Gasteiger partial charge is 0.472 e. The highest BCUT2D eigenvalue weighted by molar-refractivity contribution is 6.02. The molecule has 31 nitrogen and oxygen atoms in total. The van der Waals surface area contributed by atoms with Crippen molar-refractivity contribution in [3.8, 4) is 81.9 Å². The number of piperidine rings is 4. The molecule has 4 amide bonds. The van der Waals surface area contributed by atoms with Gasteiger partial charge >= 0.3 is 0 Å². The molecule has 16 rings (SSSR count). The number of carbonyl (C=O) groups excluding carboxylic acids is 4. The van der Waals surface area contributed by atoms with Gasteiger partial charge in [0.05, 0.1) is 131 Å². The summed E-state index contributed by atoms with van der Waals surface area (Å²) in [4.78, 5) is 93.4. The van der Waals surface area contributed by atoms with E-state index in [0.717, 1.165) is 51.4 Å². The highest BCUT2D eigenvalue weighted by Crippen LogP contribution is 2.33. The quantitative estimate of drug-likeness (QED) is 0.0867. The van der Waals surface area contributed by atoms with Crippen molar-refractivity contribution in [2.24, 2.45) is 0 Å². The second kappa shape index (κ2) is 38.7. The zero-order chi connectivity index (χ0) is 82.4. The van der Waals surface area contributed by atoms with Crippen LogP contribution in [0, 0.1) is 52.2 Å². The maximum absolute atomic E-state index is 13.5. The Kier molecular flexibility index (Phi) is 26.6. The van der Waals surface area contributed by atoms with Gasteiger partial charge in [0.2, 0.25) is 35.2 Å². The van der Waals surface area contributed by atoms with Crippen LogP contribution < -0.4 is 18.9 Å². The maximum atomic E-state index is 13.5. The summed E-state index contributed by atoms with van der Waals surface area (Å²) >= 11 is 0. The third kappa shape index (κ3) is 20.1. The van der Waals surface area contributed by atoms with E-state index in [1.54, 1.807) is 142 Å². The third-order valence-corrected chi connectivity index (χ3v) is 20.4. The molecule has 0 N–H and O–H groups in total. The molecular formula is C87H82N22O9. The van der Waals surface area contributed by atoms with Gasteiger partial charge < -0.3 is 43.1 Å². The molecule has 4 aliphatic rings. The first-order valence-corrected chi connectivity index (χ1v) is 38.5. The molecule has 8 aromatic heterocycles. The molecule has 4 fully saturated rings. The molecule has 4 saturated heterocycles. The van der Waals surface area contributed by atoms with Crippen LogP contribution in [-0.4, -0.2) is 188 Å². The summed E-state index contributed by atoms with van der Waals surface area (Å²) in [5, 5.41) is 56.8. The highest BCUT2D eigenvalue weighted by atomic mass is 16.5. The van der Waals surface area contributed by atoms with Crippen molar-refractivity contribution < 1.29 is 42.6 Å². The van der Waals surface area contributed by atoms with Crippen LogP contribution in [-0.2, 0) is 0 Å². The van der Waals surface area contributed by atoms with Gasteiger partial charge in [0, 0.05) is 104 Å². The first-order valence-electron chi connectivity index (χ1n) is 38.5. The van der Waals surface area contributed by atoms with E-state index in [2.05, 4.69) is 84.7 Å². The maximum Gasteiger partial charge on any atom is 0.256 e. The van der Waals surface area contributed by atoms with Crippen LogP contribution in [0.1, 0.15) is 149 Å². The van der Waals surface area contributed by atoms with Gasteiger partial charge in [-0.2, -0.15) is 56.0 Å². The summed E-state index contributed by atoms with van der Waals surface area (Å²) < 4.78 is 29.0. The van der Waals surface area contributed by atoms with E-state index in [-0.39, 0.29) is 72.2 Å². The number of nitriles is 4. The molecule has 594 valence electrons. The number of rotatable bonds is 16. The van der Waals surface area contributed by atoms with Crippen LogP contribution in [0.2, 0.25) is 0 Å². The van der Waals surface area contributed by atoms with Crippen molar-refractivity contribution in [2.75, 3.05) is 26.2 Å². The lowest BCUT2D eigenvalue weighted by Gasteiger charge is -2.38. The van der Waals surface area contributed by atoms with E-state index in [0.29, 0.717) is 134 Å². The fraction of sp³-hybridized carbons (Fsp3) is 0.287. The minimum Gasteiger partial charge on any atom is -0.472 e. The van der Waals surface area contributed by atoms with Crippen LogP contribution in [0.3, 0.4) is 0 Å². The van der Waals surface area contributed by atoms with Gasteiger partial charge in [-0.1, -0.05) is 65.8 Å². The summed E-state index contributed by atoms with van der Waals surface area (Å²) in [5.74, 6) is 2.61. The average Bonchev–Trinajstić information content (AvgIpc) is 1.25. The number of hydrogen-bond acceptors (Lipinski definition) is 25.